The van der Waals surface area contributed by atoms with Crippen LogP contribution in [0.1, 0.15) is 77.6 Å². The fourth-order valence-electron chi connectivity index (χ4n) is 5.68. The van der Waals surface area contributed by atoms with Crippen LogP contribution in [0.4, 0.5) is 0 Å². The van der Waals surface area contributed by atoms with Gasteiger partial charge < -0.3 is 39.2 Å². The zero-order valence-electron chi connectivity index (χ0n) is 31.0. The molecule has 7 rings (SSSR count). The fraction of sp³-hybridized carbons (Fsp3) is 0.190. The fourth-order valence-corrected chi connectivity index (χ4v) is 5.68. The largest absolute Gasteiger partial charge is 0.478 e. The highest BCUT2D eigenvalue weighted by atomic mass is 16.5. The maximum Gasteiger partial charge on any atom is 0.338 e. The molecular weight excluding hydrogens is 720 g/mol. The quantitative estimate of drug-likeness (QED) is 0.0408. The second-order valence-corrected chi connectivity index (χ2v) is 12.7. The number of esters is 1. The summed E-state index contributed by atoms with van der Waals surface area (Å²) in [6, 6.07) is 20.9. The van der Waals surface area contributed by atoms with Gasteiger partial charge in [0.25, 0.3) is 5.89 Å². The molecule has 56 heavy (non-hydrogen) atoms. The van der Waals surface area contributed by atoms with E-state index in [9.17, 15) is 14.4 Å². The zero-order valence-corrected chi connectivity index (χ0v) is 31.0. The monoisotopic (exact) mass is 762 g/mol. The van der Waals surface area contributed by atoms with Crippen LogP contribution in [-0.2, 0) is 4.74 Å². The van der Waals surface area contributed by atoms with Crippen molar-refractivity contribution in [2.75, 3.05) is 7.11 Å². The summed E-state index contributed by atoms with van der Waals surface area (Å²) < 4.78 is 21.3. The molecule has 14 heteroatoms. The molecule has 3 aromatic heterocycles. The first kappa shape index (κ1) is 41.5. The van der Waals surface area contributed by atoms with E-state index in [1.165, 1.54) is 31.4 Å². The molecule has 3 heterocycles. The van der Waals surface area contributed by atoms with Crippen molar-refractivity contribution >= 4 is 45.7 Å². The highest BCUT2D eigenvalue weighted by Crippen LogP contribution is 2.32. The number of carboxylic acid groups (broad SMARTS) is 2. The van der Waals surface area contributed by atoms with Crippen LogP contribution in [0.25, 0.3) is 45.0 Å². The summed E-state index contributed by atoms with van der Waals surface area (Å²) in [6.07, 6.45) is 0. The van der Waals surface area contributed by atoms with Crippen molar-refractivity contribution in [2.24, 2.45) is 10.9 Å². The molecule has 0 spiro atoms. The minimum atomic E-state index is -1.01. The van der Waals surface area contributed by atoms with Crippen molar-refractivity contribution in [3.63, 3.8) is 0 Å². The highest BCUT2D eigenvalue weighted by Gasteiger charge is 2.18. The SMILES string of the molecule is C.COC(=O)c1ccc(C(=O)O)cc1C.Cc1cc(-c2nc(-c3cc4c(C)ccc(C)c4o3)no2)ccc1C(=O)O.Cc1ccc(C)c2oc(/C(N)=N\O)cc12. The number of carboxylic acids is 2. The van der Waals surface area contributed by atoms with Crippen LogP contribution in [-0.4, -0.2) is 56.4 Å². The molecule has 0 aliphatic carbocycles. The van der Waals surface area contributed by atoms with Crippen LogP contribution in [0.3, 0.4) is 0 Å². The van der Waals surface area contributed by atoms with Crippen LogP contribution in [0.5, 0.6) is 0 Å². The summed E-state index contributed by atoms with van der Waals surface area (Å²) in [4.78, 5) is 37.3. The first-order valence-electron chi connectivity index (χ1n) is 16.7. The molecule has 7 aromatic rings. The van der Waals surface area contributed by atoms with Crippen LogP contribution < -0.4 is 5.73 Å². The topological polar surface area (TPSA) is 225 Å². The molecule has 4 aromatic carbocycles. The summed E-state index contributed by atoms with van der Waals surface area (Å²) in [7, 11) is 1.28. The Kier molecular flexibility index (Phi) is 12.8. The first-order chi connectivity index (χ1) is 26.1. The number of rotatable bonds is 6. The van der Waals surface area contributed by atoms with Crippen molar-refractivity contribution in [2.45, 2.75) is 49.0 Å². The lowest BCUT2D eigenvalue weighted by Crippen LogP contribution is -2.11. The number of carbonyl (C=O) groups is 3. The van der Waals surface area contributed by atoms with Gasteiger partial charge in [-0.05, 0) is 123 Å². The van der Waals surface area contributed by atoms with Crippen molar-refractivity contribution in [3.8, 4) is 23.0 Å². The molecule has 0 bridgehead atoms. The Morgan fingerprint density at radius 2 is 1.27 bits per heavy atom. The Morgan fingerprint density at radius 1 is 0.696 bits per heavy atom. The molecule has 290 valence electrons. The number of aromatic carboxylic acids is 2. The third kappa shape index (κ3) is 8.76. The van der Waals surface area contributed by atoms with Gasteiger partial charge in [-0.2, -0.15) is 4.98 Å². The van der Waals surface area contributed by atoms with E-state index in [0.717, 1.165) is 44.2 Å². The van der Waals surface area contributed by atoms with E-state index in [-0.39, 0.29) is 24.4 Å². The third-order valence-electron chi connectivity index (χ3n) is 8.79. The summed E-state index contributed by atoms with van der Waals surface area (Å²) >= 11 is 0. The Morgan fingerprint density at radius 3 is 1.79 bits per heavy atom. The van der Waals surface area contributed by atoms with Gasteiger partial charge in [-0.25, -0.2) is 14.4 Å². The normalized spacial score (nSPS) is 10.9. The molecular formula is C42H42N4O10. The second-order valence-electron chi connectivity index (χ2n) is 12.7. The number of amidine groups is 1. The summed E-state index contributed by atoms with van der Waals surface area (Å²) in [5.74, 6) is -0.845. The molecule has 0 unspecified atom stereocenters. The van der Waals surface area contributed by atoms with E-state index in [2.05, 4.69) is 20.0 Å². The van der Waals surface area contributed by atoms with Gasteiger partial charge in [0.2, 0.25) is 11.7 Å². The van der Waals surface area contributed by atoms with Gasteiger partial charge in [-0.15, -0.1) is 0 Å². The van der Waals surface area contributed by atoms with Gasteiger partial charge in [0.15, 0.2) is 11.5 Å². The van der Waals surface area contributed by atoms with E-state index in [4.69, 9.17) is 34.5 Å². The zero-order chi connectivity index (χ0) is 40.1. The highest BCUT2D eigenvalue weighted by molar-refractivity contribution is 5.99. The van der Waals surface area contributed by atoms with Crippen molar-refractivity contribution < 1.29 is 47.9 Å². The second kappa shape index (κ2) is 17.3. The molecule has 0 saturated heterocycles. The molecule has 5 N–H and O–H groups in total. The van der Waals surface area contributed by atoms with Gasteiger partial charge in [-0.1, -0.05) is 42.0 Å². The molecule has 0 aliphatic heterocycles. The summed E-state index contributed by atoms with van der Waals surface area (Å²) in [6.45, 7) is 11.4. The van der Waals surface area contributed by atoms with Crippen molar-refractivity contribution in [1.82, 2.24) is 10.1 Å². The van der Waals surface area contributed by atoms with Crippen LogP contribution in [0.2, 0.25) is 0 Å². The Labute approximate surface area is 321 Å². The van der Waals surface area contributed by atoms with Gasteiger partial charge in [0, 0.05) is 16.3 Å². The lowest BCUT2D eigenvalue weighted by atomic mass is 10.1. The molecule has 0 atom stereocenters. The molecule has 0 radical (unpaired) electrons. The number of fused-ring (bicyclic) bond motifs is 2. The summed E-state index contributed by atoms with van der Waals surface area (Å²) in [5.41, 5.74) is 14.0. The molecule has 0 saturated carbocycles. The van der Waals surface area contributed by atoms with Gasteiger partial charge in [0.1, 0.15) is 11.2 Å². The maximum atomic E-state index is 11.1. The maximum absolute atomic E-state index is 11.1. The average Bonchev–Trinajstić information content (AvgIpc) is 3.94. The predicted molar refractivity (Wildman–Crippen MR) is 211 cm³/mol. The number of carbonyl (C=O) groups excluding carboxylic acids is 1. The smallest absolute Gasteiger partial charge is 0.338 e. The third-order valence-corrected chi connectivity index (χ3v) is 8.79. The predicted octanol–water partition coefficient (Wildman–Crippen LogP) is 9.03. The number of methoxy groups -OCH3 is 1. The minimum Gasteiger partial charge on any atom is -0.478 e. The number of aromatic nitrogens is 2. The number of furan rings is 2. The van der Waals surface area contributed by atoms with E-state index in [0.29, 0.717) is 45.5 Å². The van der Waals surface area contributed by atoms with Crippen molar-refractivity contribution in [3.05, 3.63) is 129 Å². The first-order valence-corrected chi connectivity index (χ1v) is 16.7. The standard InChI is InChI=1S/C20H16N2O4.C11H12N2O2.C10H10O4.CH4/c1-10-4-5-11(2)17-15(10)9-16(25-17)18-21-19(26-22-18)13-6-7-14(20(23)24)12(3)8-13;1-6-3-4-7(2)10-8(6)5-9(15-10)11(12)13-14;1-6-5-7(9(11)12)3-4-8(6)10(13)14-2;/h4-9H,1-3H3,(H,23,24);3-5,14H,1-2H3,(H2,12,13);3-5H,1-2H3,(H,11,12);1H4. The van der Waals surface area contributed by atoms with Gasteiger partial charge in [0.05, 0.1) is 23.8 Å². The molecule has 0 amide bonds. The van der Waals surface area contributed by atoms with E-state index < -0.39 is 17.9 Å². The number of ether oxygens (including phenoxy) is 1. The average molecular weight is 763 g/mol. The van der Waals surface area contributed by atoms with E-state index in [1.54, 1.807) is 32.0 Å². The molecule has 14 nitrogen and oxygen atoms in total. The lowest BCUT2D eigenvalue weighted by molar-refractivity contribution is 0.0597. The molecule has 0 fully saturated rings. The summed E-state index contributed by atoms with van der Waals surface area (Å²) in [5, 5.41) is 35.3. The number of nitrogens with zero attached hydrogens (tertiary/aromatic N) is 3. The Balaban J connectivity index is 0.000000199. The Bertz CT molecular complexity index is 2530. The van der Waals surface area contributed by atoms with E-state index >= 15 is 0 Å². The van der Waals surface area contributed by atoms with Crippen LogP contribution in [0, 0.1) is 41.5 Å². The number of nitrogens with two attached hydrogens (primary N) is 1. The van der Waals surface area contributed by atoms with Gasteiger partial charge >= 0.3 is 17.9 Å². The molecule has 0 aliphatic rings. The number of hydrogen-bond donors (Lipinski definition) is 4. The lowest BCUT2D eigenvalue weighted by Gasteiger charge is -2.03. The number of benzene rings is 4. The van der Waals surface area contributed by atoms with Gasteiger partial charge in [-0.3, -0.25) is 0 Å². The van der Waals surface area contributed by atoms with Crippen LogP contribution >= 0.6 is 0 Å². The number of aryl methyl sites for hydroxylation is 6. The number of hydrogen-bond acceptors (Lipinski definition) is 11. The van der Waals surface area contributed by atoms with E-state index in [1.807, 2.05) is 58.0 Å². The van der Waals surface area contributed by atoms with Crippen LogP contribution in [0.15, 0.2) is 91.3 Å². The van der Waals surface area contributed by atoms with Crippen molar-refractivity contribution in [1.29, 1.82) is 0 Å². The Hall–Kier alpha value is -7.22. The minimum absolute atomic E-state index is 0. The number of oxime groups is 1.